The molecule has 0 aliphatic carbocycles. The van der Waals surface area contributed by atoms with E-state index in [0.29, 0.717) is 22.8 Å². The number of carbonyl (C=O) groups excluding carboxylic acids is 3. The van der Waals surface area contributed by atoms with Crippen LogP contribution in [0, 0.1) is 6.92 Å². The Morgan fingerprint density at radius 1 is 0.867 bits per heavy atom. The monoisotopic (exact) mass is 416 g/mol. The standard InChI is InChI=1S/C21H24N2O7/c1-4-28-21(26)15-6-8-16(9-7-15)29-12-19(24)22-23-20(25)13-30-17-10-5-14(2)11-18(17)27-3/h5-11H,4,12-13H2,1-3H3,(H,22,24)(H,23,25). The van der Waals surface area contributed by atoms with Crippen LogP contribution in [0.25, 0.3) is 0 Å². The molecule has 0 radical (unpaired) electrons. The topological polar surface area (TPSA) is 112 Å². The van der Waals surface area contributed by atoms with Crippen molar-refractivity contribution in [2.24, 2.45) is 0 Å². The largest absolute Gasteiger partial charge is 0.493 e. The van der Waals surface area contributed by atoms with Gasteiger partial charge in [-0.1, -0.05) is 6.07 Å². The van der Waals surface area contributed by atoms with E-state index in [2.05, 4.69) is 10.9 Å². The fourth-order valence-electron chi connectivity index (χ4n) is 2.30. The molecule has 2 amide bonds. The van der Waals surface area contributed by atoms with Gasteiger partial charge in [0.15, 0.2) is 24.7 Å². The second kappa shape index (κ2) is 11.3. The van der Waals surface area contributed by atoms with Crippen molar-refractivity contribution in [3.8, 4) is 17.2 Å². The van der Waals surface area contributed by atoms with Crippen LogP contribution < -0.4 is 25.1 Å². The molecule has 2 N–H and O–H groups in total. The molecule has 9 heteroatoms. The Morgan fingerprint density at radius 2 is 1.50 bits per heavy atom. The first-order valence-electron chi connectivity index (χ1n) is 9.18. The Labute approximate surface area is 174 Å². The zero-order chi connectivity index (χ0) is 21.9. The number of esters is 1. The molecule has 2 rings (SSSR count). The van der Waals surface area contributed by atoms with Gasteiger partial charge in [-0.3, -0.25) is 20.4 Å². The lowest BCUT2D eigenvalue weighted by Gasteiger charge is -2.12. The third-order valence-corrected chi connectivity index (χ3v) is 3.75. The Kier molecular flexibility index (Phi) is 8.49. The third kappa shape index (κ3) is 7.01. The molecule has 0 heterocycles. The van der Waals surface area contributed by atoms with Gasteiger partial charge in [-0.05, 0) is 55.8 Å². The van der Waals surface area contributed by atoms with Gasteiger partial charge in [0, 0.05) is 0 Å². The summed E-state index contributed by atoms with van der Waals surface area (Å²) < 4.78 is 20.8. The Morgan fingerprint density at radius 3 is 2.10 bits per heavy atom. The van der Waals surface area contributed by atoms with Crippen LogP contribution in [0.15, 0.2) is 42.5 Å². The molecule has 0 aromatic heterocycles. The minimum Gasteiger partial charge on any atom is -0.493 e. The number of hydrogen-bond donors (Lipinski definition) is 2. The van der Waals surface area contributed by atoms with Gasteiger partial charge in [-0.25, -0.2) is 4.79 Å². The van der Waals surface area contributed by atoms with E-state index in [1.54, 1.807) is 31.2 Å². The van der Waals surface area contributed by atoms with Crippen molar-refractivity contribution in [3.63, 3.8) is 0 Å². The molecule has 0 saturated carbocycles. The van der Waals surface area contributed by atoms with Crippen LogP contribution in [-0.4, -0.2) is 44.7 Å². The number of aryl methyl sites for hydroxylation is 1. The molecule has 0 aliphatic heterocycles. The lowest BCUT2D eigenvalue weighted by atomic mass is 10.2. The molecule has 0 atom stereocenters. The predicted octanol–water partition coefficient (Wildman–Crippen LogP) is 1.79. The van der Waals surface area contributed by atoms with Crippen LogP contribution >= 0.6 is 0 Å². The lowest BCUT2D eigenvalue weighted by Crippen LogP contribution is -2.45. The molecule has 0 unspecified atom stereocenters. The summed E-state index contributed by atoms with van der Waals surface area (Å²) in [5.74, 6) is -0.238. The van der Waals surface area contributed by atoms with Crippen LogP contribution in [0.4, 0.5) is 0 Å². The molecular weight excluding hydrogens is 392 g/mol. The number of nitrogens with one attached hydrogen (secondary N) is 2. The molecule has 160 valence electrons. The molecule has 0 spiro atoms. The number of methoxy groups -OCH3 is 1. The van der Waals surface area contributed by atoms with Gasteiger partial charge >= 0.3 is 5.97 Å². The highest BCUT2D eigenvalue weighted by Crippen LogP contribution is 2.27. The first kappa shape index (κ1) is 22.5. The number of rotatable bonds is 9. The summed E-state index contributed by atoms with van der Waals surface area (Å²) in [6, 6.07) is 11.5. The average Bonchev–Trinajstić information content (AvgIpc) is 2.75. The number of hydrazine groups is 1. The molecule has 9 nitrogen and oxygen atoms in total. The van der Waals surface area contributed by atoms with Crippen LogP contribution in [0.2, 0.25) is 0 Å². The summed E-state index contributed by atoms with van der Waals surface area (Å²) in [5, 5.41) is 0. The van der Waals surface area contributed by atoms with Crippen molar-refractivity contribution in [1.82, 2.24) is 10.9 Å². The Balaban J connectivity index is 1.71. The fourth-order valence-corrected chi connectivity index (χ4v) is 2.30. The van der Waals surface area contributed by atoms with E-state index < -0.39 is 17.8 Å². The highest BCUT2D eigenvalue weighted by molar-refractivity contribution is 5.89. The fraction of sp³-hybridized carbons (Fsp3) is 0.286. The van der Waals surface area contributed by atoms with Crippen LogP contribution in [0.3, 0.4) is 0 Å². The van der Waals surface area contributed by atoms with Crippen molar-refractivity contribution >= 4 is 17.8 Å². The minimum absolute atomic E-state index is 0.284. The molecule has 2 aromatic carbocycles. The van der Waals surface area contributed by atoms with Gasteiger partial charge in [0.25, 0.3) is 11.8 Å². The second-order valence-electron chi connectivity index (χ2n) is 6.07. The quantitative estimate of drug-likeness (QED) is 0.473. The molecule has 0 bridgehead atoms. The third-order valence-electron chi connectivity index (χ3n) is 3.75. The zero-order valence-electron chi connectivity index (χ0n) is 17.0. The summed E-state index contributed by atoms with van der Waals surface area (Å²) in [4.78, 5) is 35.2. The van der Waals surface area contributed by atoms with Crippen molar-refractivity contribution in [1.29, 1.82) is 0 Å². The number of ether oxygens (including phenoxy) is 4. The van der Waals surface area contributed by atoms with Gasteiger partial charge < -0.3 is 18.9 Å². The number of benzene rings is 2. The van der Waals surface area contributed by atoms with Crippen LogP contribution in [-0.2, 0) is 14.3 Å². The maximum Gasteiger partial charge on any atom is 0.338 e. The second-order valence-corrected chi connectivity index (χ2v) is 6.07. The first-order valence-corrected chi connectivity index (χ1v) is 9.18. The Bertz CT molecular complexity index is 881. The van der Waals surface area contributed by atoms with E-state index in [4.69, 9.17) is 18.9 Å². The van der Waals surface area contributed by atoms with Gasteiger partial charge in [0.2, 0.25) is 0 Å². The molecule has 2 aromatic rings. The van der Waals surface area contributed by atoms with Crippen molar-refractivity contribution in [2.75, 3.05) is 26.9 Å². The highest BCUT2D eigenvalue weighted by Gasteiger charge is 2.10. The van der Waals surface area contributed by atoms with Crippen molar-refractivity contribution in [2.45, 2.75) is 13.8 Å². The maximum absolute atomic E-state index is 11.8. The number of carbonyl (C=O) groups is 3. The lowest BCUT2D eigenvalue weighted by molar-refractivity contribution is -0.131. The summed E-state index contributed by atoms with van der Waals surface area (Å²) in [6.07, 6.45) is 0. The number of hydrogen-bond acceptors (Lipinski definition) is 7. The Hall–Kier alpha value is -3.75. The van der Waals surface area contributed by atoms with Gasteiger partial charge in [0.1, 0.15) is 5.75 Å². The van der Waals surface area contributed by atoms with E-state index in [1.165, 1.54) is 19.2 Å². The summed E-state index contributed by atoms with van der Waals surface area (Å²) in [7, 11) is 1.51. The maximum atomic E-state index is 11.8. The van der Waals surface area contributed by atoms with E-state index in [0.717, 1.165) is 5.56 Å². The number of amides is 2. The molecule has 30 heavy (non-hydrogen) atoms. The molecule has 0 fully saturated rings. The molecular formula is C21H24N2O7. The smallest absolute Gasteiger partial charge is 0.338 e. The zero-order valence-corrected chi connectivity index (χ0v) is 17.0. The molecule has 0 aliphatic rings. The van der Waals surface area contributed by atoms with Crippen LogP contribution in [0.5, 0.6) is 17.2 Å². The predicted molar refractivity (Wildman–Crippen MR) is 107 cm³/mol. The van der Waals surface area contributed by atoms with Crippen LogP contribution in [0.1, 0.15) is 22.8 Å². The minimum atomic E-state index is -0.564. The van der Waals surface area contributed by atoms with Gasteiger partial charge in [-0.2, -0.15) is 0 Å². The summed E-state index contributed by atoms with van der Waals surface area (Å²) in [5.41, 5.74) is 5.83. The summed E-state index contributed by atoms with van der Waals surface area (Å²) in [6.45, 7) is 3.28. The molecule has 0 saturated heterocycles. The highest BCUT2D eigenvalue weighted by atomic mass is 16.5. The van der Waals surface area contributed by atoms with Gasteiger partial charge in [0.05, 0.1) is 19.3 Å². The normalized spacial score (nSPS) is 9.97. The summed E-state index contributed by atoms with van der Waals surface area (Å²) >= 11 is 0. The first-order chi connectivity index (χ1) is 14.4. The van der Waals surface area contributed by atoms with E-state index in [1.807, 2.05) is 13.0 Å². The SMILES string of the molecule is CCOC(=O)c1ccc(OCC(=O)NNC(=O)COc2ccc(C)cc2OC)cc1. The van der Waals surface area contributed by atoms with E-state index >= 15 is 0 Å². The average molecular weight is 416 g/mol. The van der Waals surface area contributed by atoms with E-state index in [-0.39, 0.29) is 19.8 Å². The van der Waals surface area contributed by atoms with Crippen molar-refractivity contribution < 1.29 is 33.3 Å². The van der Waals surface area contributed by atoms with Gasteiger partial charge in [-0.15, -0.1) is 0 Å². The van der Waals surface area contributed by atoms with E-state index in [9.17, 15) is 14.4 Å². The van der Waals surface area contributed by atoms with Crippen molar-refractivity contribution in [3.05, 3.63) is 53.6 Å².